The summed E-state index contributed by atoms with van der Waals surface area (Å²) in [4.78, 5) is 0. The number of hydrogen-bond donors (Lipinski definition) is 1. The van der Waals surface area contributed by atoms with Crippen molar-refractivity contribution >= 4 is 11.8 Å². The fourth-order valence-electron chi connectivity index (χ4n) is 1.44. The minimum atomic E-state index is 0. The standard InChI is InChI=1S/C14H14S.C3H8.H3N/c1-3-7-13(8-4-1)11-15-12-14-9-5-2-6-10-14;1-3-2;/h1-10H,11-12H2;3H2,1-2H3;1H3. The van der Waals surface area contributed by atoms with Crippen LogP contribution in [0.3, 0.4) is 0 Å². The molecule has 104 valence electrons. The zero-order valence-corrected chi connectivity index (χ0v) is 12.8. The predicted molar refractivity (Wildman–Crippen MR) is 88.9 cm³/mol. The van der Waals surface area contributed by atoms with Gasteiger partial charge in [0.2, 0.25) is 0 Å². The van der Waals surface area contributed by atoms with E-state index in [0.717, 1.165) is 11.5 Å². The molecule has 2 aromatic rings. The van der Waals surface area contributed by atoms with Crippen LogP contribution in [0.4, 0.5) is 0 Å². The molecule has 0 saturated heterocycles. The van der Waals surface area contributed by atoms with Crippen LogP contribution in [0.5, 0.6) is 0 Å². The summed E-state index contributed by atoms with van der Waals surface area (Å²) >= 11 is 1.96. The Morgan fingerprint density at radius 3 is 1.32 bits per heavy atom. The molecule has 2 aromatic carbocycles. The first-order chi connectivity index (χ1) is 8.86. The minimum Gasteiger partial charge on any atom is -0.344 e. The van der Waals surface area contributed by atoms with Crippen LogP contribution in [-0.2, 0) is 11.5 Å². The zero-order chi connectivity index (χ0) is 13.1. The highest BCUT2D eigenvalue weighted by atomic mass is 32.2. The number of benzene rings is 2. The van der Waals surface area contributed by atoms with Gasteiger partial charge < -0.3 is 6.15 Å². The third-order valence-electron chi connectivity index (χ3n) is 2.22. The molecular formula is C17H25NS. The molecule has 0 bridgehead atoms. The molecule has 2 heteroatoms. The molecule has 2 rings (SSSR count). The Labute approximate surface area is 122 Å². The Bertz CT molecular complexity index is 361. The largest absolute Gasteiger partial charge is 0.344 e. The molecule has 0 aliphatic heterocycles. The fourth-order valence-corrected chi connectivity index (χ4v) is 2.39. The van der Waals surface area contributed by atoms with Crippen LogP contribution >= 0.6 is 11.8 Å². The van der Waals surface area contributed by atoms with Gasteiger partial charge in [-0.05, 0) is 11.1 Å². The second-order valence-electron chi connectivity index (χ2n) is 4.17. The summed E-state index contributed by atoms with van der Waals surface area (Å²) in [5, 5.41) is 0. The Morgan fingerprint density at radius 1 is 0.684 bits per heavy atom. The van der Waals surface area contributed by atoms with Crippen LogP contribution in [0.25, 0.3) is 0 Å². The first-order valence-corrected chi connectivity index (χ1v) is 7.67. The SMILES string of the molecule is CCC.N.c1ccc(CSCc2ccccc2)cc1. The second-order valence-corrected chi connectivity index (χ2v) is 5.16. The second kappa shape index (κ2) is 11.8. The topological polar surface area (TPSA) is 35.0 Å². The van der Waals surface area contributed by atoms with Crippen LogP contribution in [0, 0.1) is 0 Å². The van der Waals surface area contributed by atoms with Gasteiger partial charge in [-0.3, -0.25) is 0 Å². The molecule has 0 unspecified atom stereocenters. The molecule has 0 heterocycles. The van der Waals surface area contributed by atoms with Crippen LogP contribution < -0.4 is 6.15 Å². The summed E-state index contributed by atoms with van der Waals surface area (Å²) in [5.41, 5.74) is 2.80. The van der Waals surface area contributed by atoms with E-state index >= 15 is 0 Å². The monoisotopic (exact) mass is 275 g/mol. The van der Waals surface area contributed by atoms with E-state index in [2.05, 4.69) is 74.5 Å². The summed E-state index contributed by atoms with van der Waals surface area (Å²) in [7, 11) is 0. The Morgan fingerprint density at radius 2 is 1.00 bits per heavy atom. The van der Waals surface area contributed by atoms with Gasteiger partial charge in [0.1, 0.15) is 0 Å². The molecule has 19 heavy (non-hydrogen) atoms. The van der Waals surface area contributed by atoms with Gasteiger partial charge in [-0.1, -0.05) is 80.9 Å². The fraction of sp³-hybridized carbons (Fsp3) is 0.294. The normalized spacial score (nSPS) is 8.95. The third-order valence-corrected chi connectivity index (χ3v) is 3.30. The van der Waals surface area contributed by atoms with E-state index in [9.17, 15) is 0 Å². The van der Waals surface area contributed by atoms with E-state index in [-0.39, 0.29) is 6.15 Å². The van der Waals surface area contributed by atoms with Crippen LogP contribution in [-0.4, -0.2) is 0 Å². The van der Waals surface area contributed by atoms with E-state index < -0.39 is 0 Å². The first-order valence-electron chi connectivity index (χ1n) is 6.52. The van der Waals surface area contributed by atoms with Gasteiger partial charge in [-0.25, -0.2) is 0 Å². The highest BCUT2D eigenvalue weighted by Crippen LogP contribution is 2.17. The van der Waals surface area contributed by atoms with Crippen molar-refractivity contribution < 1.29 is 0 Å². The number of hydrogen-bond acceptors (Lipinski definition) is 2. The lowest BCUT2D eigenvalue weighted by atomic mass is 10.2. The molecule has 3 N–H and O–H groups in total. The molecule has 0 aliphatic rings. The van der Waals surface area contributed by atoms with Gasteiger partial charge in [0.05, 0.1) is 0 Å². The first kappa shape index (κ1) is 17.8. The van der Waals surface area contributed by atoms with Gasteiger partial charge in [-0.2, -0.15) is 11.8 Å². The van der Waals surface area contributed by atoms with Gasteiger partial charge in [0, 0.05) is 11.5 Å². The van der Waals surface area contributed by atoms with Crippen LogP contribution in [0.1, 0.15) is 31.4 Å². The van der Waals surface area contributed by atoms with Crippen molar-refractivity contribution in [2.45, 2.75) is 31.8 Å². The molecular weight excluding hydrogens is 250 g/mol. The van der Waals surface area contributed by atoms with Gasteiger partial charge in [0.25, 0.3) is 0 Å². The molecule has 0 atom stereocenters. The maximum absolute atomic E-state index is 2.18. The maximum atomic E-state index is 2.18. The van der Waals surface area contributed by atoms with Crippen molar-refractivity contribution in [3.8, 4) is 0 Å². The predicted octanol–water partition coefficient (Wildman–Crippen LogP) is 5.70. The molecule has 0 aromatic heterocycles. The summed E-state index contributed by atoms with van der Waals surface area (Å²) in [6.45, 7) is 4.25. The molecule has 0 amide bonds. The summed E-state index contributed by atoms with van der Waals surface area (Å²) in [5.74, 6) is 2.19. The molecule has 0 fully saturated rings. The Hall–Kier alpha value is -1.25. The minimum absolute atomic E-state index is 0. The highest BCUT2D eigenvalue weighted by Gasteiger charge is 1.93. The average molecular weight is 275 g/mol. The van der Waals surface area contributed by atoms with E-state index in [1.807, 2.05) is 11.8 Å². The Kier molecular flexibility index (Phi) is 11.0. The summed E-state index contributed by atoms with van der Waals surface area (Å²) < 4.78 is 0. The molecule has 0 radical (unpaired) electrons. The highest BCUT2D eigenvalue weighted by molar-refractivity contribution is 7.97. The smallest absolute Gasteiger partial charge is 0.0187 e. The molecule has 1 nitrogen and oxygen atoms in total. The van der Waals surface area contributed by atoms with Crippen molar-refractivity contribution in [2.24, 2.45) is 0 Å². The molecule has 0 saturated carbocycles. The quantitative estimate of drug-likeness (QED) is 0.777. The van der Waals surface area contributed by atoms with E-state index in [0.29, 0.717) is 0 Å². The molecule has 0 aliphatic carbocycles. The van der Waals surface area contributed by atoms with Crippen molar-refractivity contribution in [2.75, 3.05) is 0 Å². The summed E-state index contributed by atoms with van der Waals surface area (Å²) in [6.07, 6.45) is 1.25. The lowest BCUT2D eigenvalue weighted by molar-refractivity contribution is 1.09. The third kappa shape index (κ3) is 8.46. The average Bonchev–Trinajstić information content (AvgIpc) is 2.42. The van der Waals surface area contributed by atoms with Crippen molar-refractivity contribution in [1.29, 1.82) is 0 Å². The van der Waals surface area contributed by atoms with Gasteiger partial charge >= 0.3 is 0 Å². The zero-order valence-electron chi connectivity index (χ0n) is 12.0. The van der Waals surface area contributed by atoms with Gasteiger partial charge in [-0.15, -0.1) is 0 Å². The number of thioether (sulfide) groups is 1. The Balaban J connectivity index is 0.000000742. The van der Waals surface area contributed by atoms with Crippen LogP contribution in [0.2, 0.25) is 0 Å². The van der Waals surface area contributed by atoms with Crippen molar-refractivity contribution in [1.82, 2.24) is 6.15 Å². The lowest BCUT2D eigenvalue weighted by Gasteiger charge is -2.01. The van der Waals surface area contributed by atoms with Gasteiger partial charge in [0.15, 0.2) is 0 Å². The number of rotatable bonds is 4. The van der Waals surface area contributed by atoms with Crippen molar-refractivity contribution in [3.63, 3.8) is 0 Å². The van der Waals surface area contributed by atoms with E-state index in [1.54, 1.807) is 0 Å². The van der Waals surface area contributed by atoms with E-state index in [1.165, 1.54) is 17.5 Å². The van der Waals surface area contributed by atoms with Crippen molar-refractivity contribution in [3.05, 3.63) is 71.8 Å². The van der Waals surface area contributed by atoms with E-state index in [4.69, 9.17) is 0 Å². The maximum Gasteiger partial charge on any atom is 0.0187 e. The van der Waals surface area contributed by atoms with Crippen LogP contribution in [0.15, 0.2) is 60.7 Å². The summed E-state index contributed by atoms with van der Waals surface area (Å²) in [6, 6.07) is 21.2. The molecule has 0 spiro atoms. The lowest BCUT2D eigenvalue weighted by Crippen LogP contribution is -1.82.